The van der Waals surface area contributed by atoms with Gasteiger partial charge in [-0.05, 0) is 37.3 Å². The second-order valence-electron chi connectivity index (χ2n) is 4.27. The van der Waals surface area contributed by atoms with Crippen LogP contribution in [0.15, 0.2) is 41.6 Å². The number of aromatic nitrogens is 1. The van der Waals surface area contributed by atoms with E-state index in [1.165, 1.54) is 11.8 Å². The highest BCUT2D eigenvalue weighted by atomic mass is 35.5. The van der Waals surface area contributed by atoms with Gasteiger partial charge in [-0.2, -0.15) is 0 Å². The molecule has 21 heavy (non-hydrogen) atoms. The molecule has 2 aromatic rings. The molecule has 0 saturated heterocycles. The van der Waals surface area contributed by atoms with E-state index in [0.29, 0.717) is 26.4 Å². The molecule has 0 bridgehead atoms. The Balaban J connectivity index is 2.04. The normalized spacial score (nSPS) is 12.0. The molecule has 0 aliphatic carbocycles. The summed E-state index contributed by atoms with van der Waals surface area (Å²) in [7, 11) is 0. The fraction of sp³-hybridized carbons (Fsp3) is 0.143. The number of amides is 1. The lowest BCUT2D eigenvalue weighted by Gasteiger charge is -2.13. The average molecular weight is 342 g/mol. The maximum absolute atomic E-state index is 12.2. The standard InChI is InChI=1S/C14H13Cl2N3OS/c1-8(21-14-10(16)3-2-6-18-14)13(20)19-12-5-4-9(15)7-11(12)17/h2-8H,17H2,1H3,(H,19,20). The number of thioether (sulfide) groups is 1. The summed E-state index contributed by atoms with van der Waals surface area (Å²) in [4.78, 5) is 16.3. The van der Waals surface area contributed by atoms with Gasteiger partial charge < -0.3 is 11.1 Å². The number of hydrogen-bond donors (Lipinski definition) is 2. The SMILES string of the molecule is CC(Sc1ncccc1Cl)C(=O)Nc1ccc(Cl)cc1N. The Labute approximate surface area is 137 Å². The lowest BCUT2D eigenvalue weighted by molar-refractivity contribution is -0.115. The molecule has 0 spiro atoms. The Bertz CT molecular complexity index is 666. The summed E-state index contributed by atoms with van der Waals surface area (Å²) < 4.78 is 0. The molecule has 4 nitrogen and oxygen atoms in total. The van der Waals surface area contributed by atoms with Gasteiger partial charge in [-0.1, -0.05) is 35.0 Å². The van der Waals surface area contributed by atoms with Gasteiger partial charge in [-0.15, -0.1) is 0 Å². The number of anilines is 2. The maximum Gasteiger partial charge on any atom is 0.237 e. The quantitative estimate of drug-likeness (QED) is 0.649. The van der Waals surface area contributed by atoms with Crippen molar-refractivity contribution in [2.75, 3.05) is 11.1 Å². The van der Waals surface area contributed by atoms with E-state index in [1.54, 1.807) is 43.5 Å². The molecule has 0 radical (unpaired) electrons. The summed E-state index contributed by atoms with van der Waals surface area (Å²) in [5, 5.41) is 4.05. The molecular formula is C14H13Cl2N3OS. The highest BCUT2D eigenvalue weighted by molar-refractivity contribution is 8.00. The molecule has 3 N–H and O–H groups in total. The van der Waals surface area contributed by atoms with Gasteiger partial charge in [0.15, 0.2) is 0 Å². The molecule has 1 atom stereocenters. The molecular weight excluding hydrogens is 329 g/mol. The fourth-order valence-corrected chi connectivity index (χ4v) is 2.80. The third kappa shape index (κ3) is 4.27. The third-order valence-electron chi connectivity index (χ3n) is 2.65. The summed E-state index contributed by atoms with van der Waals surface area (Å²) in [6.07, 6.45) is 1.63. The minimum absolute atomic E-state index is 0.184. The van der Waals surface area contributed by atoms with Crippen LogP contribution in [-0.2, 0) is 4.79 Å². The van der Waals surface area contributed by atoms with Gasteiger partial charge in [0.25, 0.3) is 0 Å². The lowest BCUT2D eigenvalue weighted by atomic mass is 10.2. The van der Waals surface area contributed by atoms with E-state index >= 15 is 0 Å². The van der Waals surface area contributed by atoms with Crippen molar-refractivity contribution in [2.45, 2.75) is 17.2 Å². The zero-order valence-corrected chi connectivity index (χ0v) is 13.5. The van der Waals surface area contributed by atoms with Crippen molar-refractivity contribution in [2.24, 2.45) is 0 Å². The highest BCUT2D eigenvalue weighted by Crippen LogP contribution is 2.29. The number of nitrogens with zero attached hydrogens (tertiary/aromatic N) is 1. The number of benzene rings is 1. The highest BCUT2D eigenvalue weighted by Gasteiger charge is 2.17. The Hall–Kier alpha value is -1.43. The molecule has 7 heteroatoms. The van der Waals surface area contributed by atoms with E-state index in [0.717, 1.165) is 0 Å². The Morgan fingerprint density at radius 2 is 2.14 bits per heavy atom. The second kappa shape index (κ2) is 7.02. The van der Waals surface area contributed by atoms with E-state index < -0.39 is 0 Å². The minimum Gasteiger partial charge on any atom is -0.397 e. The van der Waals surface area contributed by atoms with Gasteiger partial charge in [0.1, 0.15) is 5.03 Å². The average Bonchev–Trinajstić information content (AvgIpc) is 2.44. The molecule has 0 aliphatic heterocycles. The number of rotatable bonds is 4. The van der Waals surface area contributed by atoms with E-state index in [1.807, 2.05) is 0 Å². The Morgan fingerprint density at radius 3 is 2.81 bits per heavy atom. The molecule has 1 amide bonds. The first-order valence-corrected chi connectivity index (χ1v) is 7.74. The van der Waals surface area contributed by atoms with Crippen LogP contribution in [0.3, 0.4) is 0 Å². The summed E-state index contributed by atoms with van der Waals surface area (Å²) in [6.45, 7) is 1.77. The van der Waals surface area contributed by atoms with Crippen LogP contribution in [0.25, 0.3) is 0 Å². The van der Waals surface area contributed by atoms with Crippen LogP contribution >= 0.6 is 35.0 Å². The van der Waals surface area contributed by atoms with Crippen LogP contribution in [0, 0.1) is 0 Å². The van der Waals surface area contributed by atoms with Crippen molar-refractivity contribution in [3.63, 3.8) is 0 Å². The number of nitrogens with one attached hydrogen (secondary N) is 1. The van der Waals surface area contributed by atoms with Crippen LogP contribution in [0.5, 0.6) is 0 Å². The number of carbonyl (C=O) groups excluding carboxylic acids is 1. The monoisotopic (exact) mass is 341 g/mol. The van der Waals surface area contributed by atoms with Gasteiger partial charge in [0.2, 0.25) is 5.91 Å². The number of hydrogen-bond acceptors (Lipinski definition) is 4. The summed E-state index contributed by atoms with van der Waals surface area (Å²) >= 11 is 13.1. The molecule has 0 aliphatic rings. The molecule has 1 aromatic heterocycles. The van der Waals surface area contributed by atoms with Crippen molar-refractivity contribution in [3.8, 4) is 0 Å². The van der Waals surface area contributed by atoms with E-state index in [2.05, 4.69) is 10.3 Å². The van der Waals surface area contributed by atoms with Crippen molar-refractivity contribution >= 4 is 52.2 Å². The van der Waals surface area contributed by atoms with Crippen LogP contribution in [-0.4, -0.2) is 16.1 Å². The van der Waals surface area contributed by atoms with Crippen molar-refractivity contribution in [1.82, 2.24) is 4.98 Å². The number of nitrogen functional groups attached to an aromatic ring is 1. The van der Waals surface area contributed by atoms with E-state index in [-0.39, 0.29) is 11.2 Å². The summed E-state index contributed by atoms with van der Waals surface area (Å²) in [5.41, 5.74) is 6.76. The first-order chi connectivity index (χ1) is 9.97. The number of nitrogens with two attached hydrogens (primary N) is 1. The van der Waals surface area contributed by atoms with Gasteiger partial charge in [0, 0.05) is 11.2 Å². The van der Waals surface area contributed by atoms with Gasteiger partial charge >= 0.3 is 0 Å². The maximum atomic E-state index is 12.2. The van der Waals surface area contributed by atoms with Crippen molar-refractivity contribution < 1.29 is 4.79 Å². The van der Waals surface area contributed by atoms with Crippen molar-refractivity contribution in [1.29, 1.82) is 0 Å². The first-order valence-electron chi connectivity index (χ1n) is 6.10. The summed E-state index contributed by atoms with van der Waals surface area (Å²) in [5.74, 6) is -0.184. The predicted octanol–water partition coefficient (Wildman–Crippen LogP) is 4.09. The predicted molar refractivity (Wildman–Crippen MR) is 89.1 cm³/mol. The first kappa shape index (κ1) is 15.9. The van der Waals surface area contributed by atoms with Gasteiger partial charge in [-0.25, -0.2) is 4.98 Å². The zero-order chi connectivity index (χ0) is 15.4. The topological polar surface area (TPSA) is 68.0 Å². The molecule has 1 aromatic carbocycles. The van der Waals surface area contributed by atoms with Gasteiger partial charge in [0.05, 0.1) is 21.6 Å². The number of carbonyl (C=O) groups is 1. The van der Waals surface area contributed by atoms with E-state index in [9.17, 15) is 4.79 Å². The molecule has 0 fully saturated rings. The Kier molecular flexibility index (Phi) is 5.33. The third-order valence-corrected chi connectivity index (χ3v) is 4.42. The molecule has 2 rings (SSSR count). The lowest BCUT2D eigenvalue weighted by Crippen LogP contribution is -2.23. The molecule has 0 saturated carbocycles. The largest absolute Gasteiger partial charge is 0.397 e. The fourth-order valence-electron chi connectivity index (χ4n) is 1.56. The van der Waals surface area contributed by atoms with Gasteiger partial charge in [-0.3, -0.25) is 4.79 Å². The van der Waals surface area contributed by atoms with E-state index in [4.69, 9.17) is 28.9 Å². The molecule has 1 unspecified atom stereocenters. The van der Waals surface area contributed by atoms with Crippen LogP contribution in [0.4, 0.5) is 11.4 Å². The van der Waals surface area contributed by atoms with Crippen molar-refractivity contribution in [3.05, 3.63) is 46.6 Å². The summed E-state index contributed by atoms with van der Waals surface area (Å²) in [6, 6.07) is 8.40. The van der Waals surface area contributed by atoms with Crippen LogP contribution < -0.4 is 11.1 Å². The number of halogens is 2. The second-order valence-corrected chi connectivity index (χ2v) is 6.44. The Morgan fingerprint density at radius 1 is 1.38 bits per heavy atom. The van der Waals surface area contributed by atoms with Crippen LogP contribution in [0.1, 0.15) is 6.92 Å². The molecule has 1 heterocycles. The van der Waals surface area contributed by atoms with Crippen LogP contribution in [0.2, 0.25) is 10.0 Å². The molecule has 110 valence electrons. The zero-order valence-electron chi connectivity index (χ0n) is 11.1. The minimum atomic E-state index is -0.368. The number of pyridine rings is 1. The smallest absolute Gasteiger partial charge is 0.237 e.